The van der Waals surface area contributed by atoms with E-state index in [1.54, 1.807) is 4.90 Å². The minimum Gasteiger partial charge on any atom is -0.444 e. The summed E-state index contributed by atoms with van der Waals surface area (Å²) in [6.45, 7) is 8.94. The van der Waals surface area contributed by atoms with Crippen molar-refractivity contribution >= 4 is 11.9 Å². The van der Waals surface area contributed by atoms with Crippen molar-refractivity contribution in [1.82, 2.24) is 4.90 Å². The van der Waals surface area contributed by atoms with Crippen LogP contribution in [0.15, 0.2) is 11.1 Å². The molecule has 2 rings (SSSR count). The van der Waals surface area contributed by atoms with Crippen LogP contribution in [0.5, 0.6) is 0 Å². The number of allylic oxidation sites excluding steroid dienone is 1. The zero-order chi connectivity index (χ0) is 14.9. The number of rotatable bonds is 0. The molecule has 1 atom stereocenters. The van der Waals surface area contributed by atoms with E-state index in [1.165, 1.54) is 5.57 Å². The Balaban J connectivity index is 2.08. The van der Waals surface area contributed by atoms with Crippen LogP contribution in [-0.4, -0.2) is 35.5 Å². The Morgan fingerprint density at radius 1 is 1.30 bits per heavy atom. The summed E-state index contributed by atoms with van der Waals surface area (Å²) in [7, 11) is 0. The van der Waals surface area contributed by atoms with Crippen LogP contribution in [0.4, 0.5) is 4.79 Å². The molecule has 0 aromatic carbocycles. The van der Waals surface area contributed by atoms with E-state index in [0.29, 0.717) is 25.4 Å². The van der Waals surface area contributed by atoms with Gasteiger partial charge in [0.2, 0.25) is 0 Å². The number of ketones is 1. The molecule has 0 N–H and O–H groups in total. The minimum absolute atomic E-state index is 0.232. The first-order valence-electron chi connectivity index (χ1n) is 7.48. The third-order valence-corrected chi connectivity index (χ3v) is 4.09. The summed E-state index contributed by atoms with van der Waals surface area (Å²) < 4.78 is 5.44. The molecular formula is C16H25NO3. The van der Waals surface area contributed by atoms with Crippen LogP contribution >= 0.6 is 0 Å². The number of carbonyl (C=O) groups is 2. The summed E-state index contributed by atoms with van der Waals surface area (Å²) >= 11 is 0. The molecule has 1 heterocycles. The first-order chi connectivity index (χ1) is 9.28. The van der Waals surface area contributed by atoms with E-state index in [2.05, 4.69) is 0 Å². The largest absolute Gasteiger partial charge is 0.444 e. The van der Waals surface area contributed by atoms with Crippen molar-refractivity contribution in [3.8, 4) is 0 Å². The number of fused-ring (bicyclic) bond motifs is 1. The number of nitrogens with zero attached hydrogens (tertiary/aromatic N) is 1. The van der Waals surface area contributed by atoms with Gasteiger partial charge < -0.3 is 9.64 Å². The highest BCUT2D eigenvalue weighted by Gasteiger charge is 2.33. The molecular weight excluding hydrogens is 254 g/mol. The Morgan fingerprint density at radius 3 is 2.65 bits per heavy atom. The fourth-order valence-electron chi connectivity index (χ4n) is 3.05. The van der Waals surface area contributed by atoms with Gasteiger partial charge in [-0.25, -0.2) is 4.79 Å². The summed E-state index contributed by atoms with van der Waals surface area (Å²) in [5, 5.41) is 0. The number of ether oxygens (including phenoxy) is 1. The van der Waals surface area contributed by atoms with Crippen LogP contribution in [-0.2, 0) is 9.53 Å². The molecule has 112 valence electrons. The average Bonchev–Trinajstić information content (AvgIpc) is 2.48. The fourth-order valence-corrected chi connectivity index (χ4v) is 3.05. The quantitative estimate of drug-likeness (QED) is 0.683. The molecule has 20 heavy (non-hydrogen) atoms. The van der Waals surface area contributed by atoms with Crippen LogP contribution in [0.25, 0.3) is 0 Å². The summed E-state index contributed by atoms with van der Waals surface area (Å²) in [4.78, 5) is 25.8. The standard InChI is InChI=1S/C16H25NO3/c1-11-13-8-9-17(15(19)20-16(2,3)4)10-12(13)6-5-7-14(11)18/h12H,5-10H2,1-4H3. The molecule has 1 aliphatic heterocycles. The van der Waals surface area contributed by atoms with Crippen molar-refractivity contribution in [3.05, 3.63) is 11.1 Å². The van der Waals surface area contributed by atoms with E-state index in [0.717, 1.165) is 24.8 Å². The third-order valence-electron chi connectivity index (χ3n) is 4.09. The SMILES string of the molecule is CC1=C2CCN(C(=O)OC(C)(C)C)CC2CCCC1=O. The first kappa shape index (κ1) is 15.1. The Kier molecular flexibility index (Phi) is 4.21. The predicted molar refractivity (Wildman–Crippen MR) is 77.5 cm³/mol. The number of likely N-dealkylation sites (tertiary alicyclic amines) is 1. The van der Waals surface area contributed by atoms with Crippen molar-refractivity contribution in [2.24, 2.45) is 5.92 Å². The normalized spacial score (nSPS) is 24.3. The highest BCUT2D eigenvalue weighted by atomic mass is 16.6. The van der Waals surface area contributed by atoms with Crippen LogP contribution in [0.1, 0.15) is 53.4 Å². The monoisotopic (exact) mass is 279 g/mol. The van der Waals surface area contributed by atoms with E-state index in [-0.39, 0.29) is 11.9 Å². The molecule has 2 aliphatic rings. The molecule has 0 bridgehead atoms. The topological polar surface area (TPSA) is 46.6 Å². The lowest BCUT2D eigenvalue weighted by molar-refractivity contribution is -0.115. The van der Waals surface area contributed by atoms with Gasteiger partial charge in [-0.3, -0.25) is 4.79 Å². The number of piperidine rings is 1. The van der Waals surface area contributed by atoms with Crippen molar-refractivity contribution in [1.29, 1.82) is 0 Å². The van der Waals surface area contributed by atoms with Gasteiger partial charge in [-0.1, -0.05) is 5.57 Å². The lowest BCUT2D eigenvalue weighted by Gasteiger charge is -2.36. The van der Waals surface area contributed by atoms with Gasteiger partial charge >= 0.3 is 6.09 Å². The number of Topliss-reactive ketones (excluding diaryl/α,β-unsaturated/α-hetero) is 1. The molecule has 1 saturated heterocycles. The lowest BCUT2D eigenvalue weighted by Crippen LogP contribution is -2.43. The Morgan fingerprint density at radius 2 is 2.00 bits per heavy atom. The van der Waals surface area contributed by atoms with E-state index >= 15 is 0 Å². The molecule has 1 amide bonds. The molecule has 1 fully saturated rings. The van der Waals surface area contributed by atoms with E-state index < -0.39 is 5.60 Å². The van der Waals surface area contributed by atoms with Gasteiger partial charge in [-0.15, -0.1) is 0 Å². The molecule has 0 spiro atoms. The van der Waals surface area contributed by atoms with Gasteiger partial charge in [-0.2, -0.15) is 0 Å². The summed E-state index contributed by atoms with van der Waals surface area (Å²) in [6, 6.07) is 0. The molecule has 1 unspecified atom stereocenters. The van der Waals surface area contributed by atoms with Crippen LogP contribution in [0, 0.1) is 5.92 Å². The highest BCUT2D eigenvalue weighted by molar-refractivity contribution is 5.95. The van der Waals surface area contributed by atoms with Gasteiger partial charge in [-0.05, 0) is 58.4 Å². The van der Waals surface area contributed by atoms with Gasteiger partial charge in [0, 0.05) is 19.5 Å². The summed E-state index contributed by atoms with van der Waals surface area (Å²) in [6.07, 6.45) is 3.15. The number of carbonyl (C=O) groups excluding carboxylic acids is 2. The van der Waals surface area contributed by atoms with Crippen LogP contribution in [0.3, 0.4) is 0 Å². The summed E-state index contributed by atoms with van der Waals surface area (Å²) in [5.74, 6) is 0.621. The zero-order valence-corrected chi connectivity index (χ0v) is 13.0. The Labute approximate surface area is 121 Å². The first-order valence-corrected chi connectivity index (χ1v) is 7.48. The second kappa shape index (κ2) is 5.58. The maximum absolute atomic E-state index is 12.1. The summed E-state index contributed by atoms with van der Waals surface area (Å²) in [5.41, 5.74) is 1.76. The van der Waals surface area contributed by atoms with Crippen molar-refractivity contribution in [2.45, 2.75) is 59.0 Å². The smallest absolute Gasteiger partial charge is 0.410 e. The second-order valence-electron chi connectivity index (χ2n) is 6.84. The molecule has 0 aromatic rings. The maximum atomic E-state index is 12.1. The lowest BCUT2D eigenvalue weighted by atomic mass is 9.87. The highest BCUT2D eigenvalue weighted by Crippen LogP contribution is 2.33. The van der Waals surface area contributed by atoms with Crippen LogP contribution < -0.4 is 0 Å². The minimum atomic E-state index is -0.456. The van der Waals surface area contributed by atoms with Crippen molar-refractivity contribution in [2.75, 3.05) is 13.1 Å². The predicted octanol–water partition coefficient (Wildman–Crippen LogP) is 3.31. The Bertz CT molecular complexity index is 445. The Hall–Kier alpha value is -1.32. The van der Waals surface area contributed by atoms with Gasteiger partial charge in [0.15, 0.2) is 5.78 Å². The van der Waals surface area contributed by atoms with Gasteiger partial charge in [0.25, 0.3) is 0 Å². The fraction of sp³-hybridized carbons (Fsp3) is 0.750. The maximum Gasteiger partial charge on any atom is 0.410 e. The molecule has 4 heteroatoms. The molecule has 0 saturated carbocycles. The van der Waals surface area contributed by atoms with Crippen LogP contribution in [0.2, 0.25) is 0 Å². The molecule has 4 nitrogen and oxygen atoms in total. The molecule has 0 radical (unpaired) electrons. The zero-order valence-electron chi connectivity index (χ0n) is 13.0. The van der Waals surface area contributed by atoms with Gasteiger partial charge in [0.1, 0.15) is 5.60 Å². The van der Waals surface area contributed by atoms with E-state index in [9.17, 15) is 9.59 Å². The third kappa shape index (κ3) is 3.41. The number of amides is 1. The second-order valence-corrected chi connectivity index (χ2v) is 6.84. The van der Waals surface area contributed by atoms with Crippen molar-refractivity contribution < 1.29 is 14.3 Å². The molecule has 1 aliphatic carbocycles. The van der Waals surface area contributed by atoms with Gasteiger partial charge in [0.05, 0.1) is 0 Å². The van der Waals surface area contributed by atoms with Crippen molar-refractivity contribution in [3.63, 3.8) is 0 Å². The number of hydrogen-bond acceptors (Lipinski definition) is 3. The van der Waals surface area contributed by atoms with E-state index in [4.69, 9.17) is 4.74 Å². The molecule has 0 aromatic heterocycles. The average molecular weight is 279 g/mol. The van der Waals surface area contributed by atoms with E-state index in [1.807, 2.05) is 27.7 Å². The number of hydrogen-bond donors (Lipinski definition) is 0.